The second-order valence-electron chi connectivity index (χ2n) is 6.47. The van der Waals surface area contributed by atoms with Crippen molar-refractivity contribution < 1.29 is 18.8 Å². The van der Waals surface area contributed by atoms with E-state index in [2.05, 4.69) is 10.6 Å². The van der Waals surface area contributed by atoms with Gasteiger partial charge < -0.3 is 20.0 Å². The number of carbonyl (C=O) groups excluding carboxylic acids is 3. The molecule has 0 saturated carbocycles. The third-order valence-electron chi connectivity index (χ3n) is 4.64. The molecule has 27 heavy (non-hydrogen) atoms. The summed E-state index contributed by atoms with van der Waals surface area (Å²) in [5.74, 6) is -0.126. The highest BCUT2D eigenvalue weighted by Gasteiger charge is 2.27. The number of rotatable bonds is 5. The smallest absolute Gasteiger partial charge is 0.291 e. The molecule has 2 N–H and O–H groups in total. The highest BCUT2D eigenvalue weighted by molar-refractivity contribution is 6.02. The van der Waals surface area contributed by atoms with Crippen LogP contribution in [0.2, 0.25) is 0 Å². The van der Waals surface area contributed by atoms with Crippen LogP contribution in [0.15, 0.2) is 47.1 Å². The van der Waals surface area contributed by atoms with Gasteiger partial charge in [0.15, 0.2) is 5.76 Å². The van der Waals surface area contributed by atoms with Crippen LogP contribution in [0.4, 0.5) is 5.69 Å². The largest absolute Gasteiger partial charge is 0.459 e. The molecule has 2 heterocycles. The average molecular weight is 369 g/mol. The third-order valence-corrected chi connectivity index (χ3v) is 4.64. The van der Waals surface area contributed by atoms with Crippen LogP contribution < -0.4 is 10.6 Å². The van der Waals surface area contributed by atoms with E-state index in [1.165, 1.54) is 6.26 Å². The summed E-state index contributed by atoms with van der Waals surface area (Å²) in [5, 5.41) is 5.56. The Hall–Kier alpha value is -3.09. The van der Waals surface area contributed by atoms with Gasteiger partial charge in [0.1, 0.15) is 0 Å². The predicted molar refractivity (Wildman–Crippen MR) is 100 cm³/mol. The Morgan fingerprint density at radius 2 is 1.81 bits per heavy atom. The number of amides is 3. The Kier molecular flexibility index (Phi) is 5.90. The lowest BCUT2D eigenvalue weighted by Gasteiger charge is -2.31. The van der Waals surface area contributed by atoms with Gasteiger partial charge in [-0.25, -0.2) is 0 Å². The zero-order valence-electron chi connectivity index (χ0n) is 15.2. The molecular formula is C20H23N3O4. The first-order chi connectivity index (χ1) is 13.1. The Morgan fingerprint density at radius 1 is 1.11 bits per heavy atom. The first kappa shape index (κ1) is 18.7. The molecule has 1 saturated heterocycles. The molecule has 1 aliphatic heterocycles. The maximum absolute atomic E-state index is 12.6. The number of carbonyl (C=O) groups is 3. The van der Waals surface area contributed by atoms with Crippen molar-refractivity contribution in [2.75, 3.05) is 25.0 Å². The van der Waals surface area contributed by atoms with Crippen molar-refractivity contribution in [2.45, 2.75) is 19.8 Å². The average Bonchev–Trinajstić information content (AvgIpc) is 3.23. The lowest BCUT2D eigenvalue weighted by atomic mass is 9.95. The van der Waals surface area contributed by atoms with Gasteiger partial charge in [0, 0.05) is 36.8 Å². The summed E-state index contributed by atoms with van der Waals surface area (Å²) in [7, 11) is 0. The van der Waals surface area contributed by atoms with Gasteiger partial charge in [0.25, 0.3) is 11.8 Å². The number of furan rings is 1. The molecule has 1 aliphatic rings. The minimum absolute atomic E-state index is 0.0202. The van der Waals surface area contributed by atoms with Crippen LogP contribution in [0.3, 0.4) is 0 Å². The van der Waals surface area contributed by atoms with Gasteiger partial charge in [0.05, 0.1) is 6.26 Å². The number of benzene rings is 1. The van der Waals surface area contributed by atoms with Crippen molar-refractivity contribution in [1.29, 1.82) is 0 Å². The number of likely N-dealkylation sites (tertiary alicyclic amines) is 1. The molecule has 0 spiro atoms. The summed E-state index contributed by atoms with van der Waals surface area (Å²) >= 11 is 0. The molecule has 3 rings (SSSR count). The zero-order chi connectivity index (χ0) is 19.2. The fourth-order valence-electron chi connectivity index (χ4n) is 3.14. The fraction of sp³-hybridized carbons (Fsp3) is 0.350. The van der Waals surface area contributed by atoms with E-state index < -0.39 is 0 Å². The molecule has 1 aromatic heterocycles. The van der Waals surface area contributed by atoms with Gasteiger partial charge >= 0.3 is 0 Å². The van der Waals surface area contributed by atoms with Crippen LogP contribution in [0.5, 0.6) is 0 Å². The number of anilines is 1. The van der Waals surface area contributed by atoms with Gasteiger partial charge in [-0.15, -0.1) is 0 Å². The maximum Gasteiger partial charge on any atom is 0.291 e. The normalized spacial score (nSPS) is 14.6. The van der Waals surface area contributed by atoms with Gasteiger partial charge in [-0.3, -0.25) is 14.4 Å². The quantitative estimate of drug-likeness (QED) is 0.847. The maximum atomic E-state index is 12.6. The molecule has 7 heteroatoms. The third kappa shape index (κ3) is 4.55. The highest BCUT2D eigenvalue weighted by Crippen LogP contribution is 2.20. The number of hydrogen-bond acceptors (Lipinski definition) is 4. The number of piperidine rings is 1. The minimum Gasteiger partial charge on any atom is -0.459 e. The standard InChI is InChI=1S/C20H23N3O4/c1-2-21-18(24)14-9-11-23(12-10-14)20(26)15-5-7-16(8-6-15)22-19(25)17-4-3-13-27-17/h3-8,13-14H,2,9-12H2,1H3,(H,21,24)(H,22,25). The zero-order valence-corrected chi connectivity index (χ0v) is 15.2. The van der Waals surface area contributed by atoms with Crippen LogP contribution in [-0.2, 0) is 4.79 Å². The first-order valence-corrected chi connectivity index (χ1v) is 9.10. The van der Waals surface area contributed by atoms with Crippen LogP contribution in [-0.4, -0.2) is 42.3 Å². The van der Waals surface area contributed by atoms with Crippen molar-refractivity contribution in [1.82, 2.24) is 10.2 Å². The number of nitrogens with zero attached hydrogens (tertiary/aromatic N) is 1. The predicted octanol–water partition coefficient (Wildman–Crippen LogP) is 2.52. The van der Waals surface area contributed by atoms with E-state index in [1.807, 2.05) is 6.92 Å². The second-order valence-corrected chi connectivity index (χ2v) is 6.47. The van der Waals surface area contributed by atoms with Crippen molar-refractivity contribution in [3.63, 3.8) is 0 Å². The number of hydrogen-bond donors (Lipinski definition) is 2. The Bertz CT molecular complexity index is 791. The van der Waals surface area contributed by atoms with E-state index in [-0.39, 0.29) is 29.4 Å². The van der Waals surface area contributed by atoms with Crippen LogP contribution in [0.1, 0.15) is 40.7 Å². The van der Waals surface area contributed by atoms with Gasteiger partial charge in [-0.2, -0.15) is 0 Å². The van der Waals surface area contributed by atoms with E-state index in [4.69, 9.17) is 4.42 Å². The summed E-state index contributed by atoms with van der Waals surface area (Å²) in [6, 6.07) is 9.99. The summed E-state index contributed by atoms with van der Waals surface area (Å²) in [6.07, 6.45) is 2.79. The van der Waals surface area contributed by atoms with Crippen molar-refractivity contribution in [3.8, 4) is 0 Å². The SMILES string of the molecule is CCNC(=O)C1CCN(C(=O)c2ccc(NC(=O)c3ccco3)cc2)CC1. The van der Waals surface area contributed by atoms with E-state index in [9.17, 15) is 14.4 Å². The minimum atomic E-state index is -0.341. The first-order valence-electron chi connectivity index (χ1n) is 9.10. The van der Waals surface area contributed by atoms with E-state index >= 15 is 0 Å². The molecule has 1 aromatic carbocycles. The summed E-state index contributed by atoms with van der Waals surface area (Å²) in [5.41, 5.74) is 1.14. The number of nitrogens with one attached hydrogen (secondary N) is 2. The molecule has 2 aromatic rings. The molecule has 142 valence electrons. The van der Waals surface area contributed by atoms with Crippen LogP contribution >= 0.6 is 0 Å². The van der Waals surface area contributed by atoms with Crippen LogP contribution in [0.25, 0.3) is 0 Å². The van der Waals surface area contributed by atoms with Gasteiger partial charge in [0.2, 0.25) is 5.91 Å². The van der Waals surface area contributed by atoms with Crippen molar-refractivity contribution in [2.24, 2.45) is 5.92 Å². The second kappa shape index (κ2) is 8.53. The lowest BCUT2D eigenvalue weighted by molar-refractivity contribution is -0.126. The van der Waals surface area contributed by atoms with E-state index in [1.54, 1.807) is 41.3 Å². The molecule has 0 unspecified atom stereocenters. The Morgan fingerprint density at radius 3 is 2.41 bits per heavy atom. The van der Waals surface area contributed by atoms with Gasteiger partial charge in [-0.1, -0.05) is 0 Å². The monoisotopic (exact) mass is 369 g/mol. The van der Waals surface area contributed by atoms with Crippen molar-refractivity contribution in [3.05, 3.63) is 54.0 Å². The van der Waals surface area contributed by atoms with E-state index in [0.717, 1.165) is 0 Å². The lowest BCUT2D eigenvalue weighted by Crippen LogP contribution is -2.43. The molecule has 0 radical (unpaired) electrons. The molecule has 0 atom stereocenters. The molecule has 0 aliphatic carbocycles. The summed E-state index contributed by atoms with van der Waals surface area (Å²) < 4.78 is 5.05. The topological polar surface area (TPSA) is 91.7 Å². The summed E-state index contributed by atoms with van der Waals surface area (Å²) in [4.78, 5) is 38.3. The van der Waals surface area contributed by atoms with Gasteiger partial charge in [-0.05, 0) is 56.2 Å². The van der Waals surface area contributed by atoms with E-state index in [0.29, 0.717) is 43.7 Å². The molecule has 0 bridgehead atoms. The molecular weight excluding hydrogens is 346 g/mol. The highest BCUT2D eigenvalue weighted by atomic mass is 16.3. The molecule has 3 amide bonds. The molecule has 7 nitrogen and oxygen atoms in total. The van der Waals surface area contributed by atoms with Crippen molar-refractivity contribution >= 4 is 23.4 Å². The summed E-state index contributed by atoms with van der Waals surface area (Å²) in [6.45, 7) is 3.66. The molecule has 1 fully saturated rings. The Balaban J connectivity index is 1.55. The Labute approximate surface area is 157 Å². The van der Waals surface area contributed by atoms with Crippen LogP contribution in [0, 0.1) is 5.92 Å². The fourth-order valence-corrected chi connectivity index (χ4v) is 3.14.